The number of hydrogen-bond acceptors (Lipinski definition) is 3. The number of halogens is 1. The van der Waals surface area contributed by atoms with Crippen molar-refractivity contribution in [3.8, 4) is 5.75 Å². The molecule has 0 radical (unpaired) electrons. The Morgan fingerprint density at radius 3 is 3.04 bits per heavy atom. The maximum absolute atomic E-state index is 12.3. The second-order valence-electron chi connectivity index (χ2n) is 6.33. The SMILES string of the molecule is Cc1c(Cc2ccc3cn(C)nc3c2)cc2c(c1Cl)OCCNC2=O. The van der Waals surface area contributed by atoms with Crippen LogP contribution < -0.4 is 10.1 Å². The number of fused-ring (bicyclic) bond motifs is 2. The lowest BCUT2D eigenvalue weighted by molar-refractivity contribution is 0.0957. The lowest BCUT2D eigenvalue weighted by atomic mass is 9.96. The van der Waals surface area contributed by atoms with Crippen LogP contribution in [0.15, 0.2) is 30.5 Å². The van der Waals surface area contributed by atoms with E-state index in [9.17, 15) is 4.79 Å². The summed E-state index contributed by atoms with van der Waals surface area (Å²) in [7, 11) is 1.91. The molecule has 1 N–H and O–H groups in total. The van der Waals surface area contributed by atoms with Gasteiger partial charge in [0.05, 0.1) is 22.6 Å². The van der Waals surface area contributed by atoms with E-state index >= 15 is 0 Å². The van der Waals surface area contributed by atoms with E-state index in [0.717, 1.165) is 27.6 Å². The molecular formula is C19H18ClN3O2. The Labute approximate surface area is 150 Å². The highest BCUT2D eigenvalue weighted by molar-refractivity contribution is 6.33. The van der Waals surface area contributed by atoms with E-state index in [0.29, 0.717) is 35.9 Å². The summed E-state index contributed by atoms with van der Waals surface area (Å²) in [5, 5.41) is 8.91. The molecule has 1 aliphatic heterocycles. The van der Waals surface area contributed by atoms with Crippen molar-refractivity contribution < 1.29 is 9.53 Å². The molecule has 2 aromatic carbocycles. The molecule has 0 atom stereocenters. The molecule has 1 aromatic heterocycles. The van der Waals surface area contributed by atoms with Crippen LogP contribution in [-0.4, -0.2) is 28.8 Å². The summed E-state index contributed by atoms with van der Waals surface area (Å²) in [6, 6.07) is 8.11. The van der Waals surface area contributed by atoms with Crippen molar-refractivity contribution in [1.29, 1.82) is 0 Å². The molecule has 4 rings (SSSR count). The van der Waals surface area contributed by atoms with Crippen molar-refractivity contribution in [1.82, 2.24) is 15.1 Å². The number of aromatic nitrogens is 2. The van der Waals surface area contributed by atoms with Crippen molar-refractivity contribution >= 4 is 28.4 Å². The maximum atomic E-state index is 12.3. The quantitative estimate of drug-likeness (QED) is 0.767. The molecule has 0 bridgehead atoms. The second-order valence-corrected chi connectivity index (χ2v) is 6.71. The minimum atomic E-state index is -0.143. The number of nitrogens with zero attached hydrogens (tertiary/aromatic N) is 2. The fourth-order valence-corrected chi connectivity index (χ4v) is 3.48. The first kappa shape index (κ1) is 16.0. The van der Waals surface area contributed by atoms with Gasteiger partial charge in [0.1, 0.15) is 6.61 Å². The Morgan fingerprint density at radius 2 is 2.20 bits per heavy atom. The first-order valence-electron chi connectivity index (χ1n) is 8.18. The summed E-state index contributed by atoms with van der Waals surface area (Å²) in [4.78, 5) is 12.3. The van der Waals surface area contributed by atoms with E-state index in [2.05, 4.69) is 28.6 Å². The second kappa shape index (κ2) is 6.08. The average Bonchev–Trinajstić information content (AvgIpc) is 2.85. The van der Waals surface area contributed by atoms with Gasteiger partial charge in [-0.1, -0.05) is 23.7 Å². The maximum Gasteiger partial charge on any atom is 0.255 e. The smallest absolute Gasteiger partial charge is 0.255 e. The highest BCUT2D eigenvalue weighted by Gasteiger charge is 2.22. The number of carbonyl (C=O) groups is 1. The molecule has 25 heavy (non-hydrogen) atoms. The lowest BCUT2D eigenvalue weighted by Gasteiger charge is -2.14. The predicted octanol–water partition coefficient (Wildman–Crippen LogP) is 3.25. The van der Waals surface area contributed by atoms with Gasteiger partial charge in [0.25, 0.3) is 5.91 Å². The monoisotopic (exact) mass is 355 g/mol. The molecule has 0 spiro atoms. The van der Waals surface area contributed by atoms with Crippen LogP contribution in [0.2, 0.25) is 5.02 Å². The summed E-state index contributed by atoms with van der Waals surface area (Å²) in [5.41, 5.74) is 4.54. The fraction of sp³-hybridized carbons (Fsp3) is 0.263. The number of amides is 1. The fourth-order valence-electron chi connectivity index (χ4n) is 3.20. The zero-order chi connectivity index (χ0) is 17.6. The molecule has 0 saturated carbocycles. The average molecular weight is 356 g/mol. The molecule has 2 heterocycles. The highest BCUT2D eigenvalue weighted by Crippen LogP contribution is 2.36. The number of benzene rings is 2. The number of nitrogens with one attached hydrogen (secondary N) is 1. The van der Waals surface area contributed by atoms with Gasteiger partial charge in [-0.15, -0.1) is 0 Å². The summed E-state index contributed by atoms with van der Waals surface area (Å²) >= 11 is 6.50. The molecule has 5 nitrogen and oxygen atoms in total. The minimum absolute atomic E-state index is 0.143. The van der Waals surface area contributed by atoms with Gasteiger partial charge < -0.3 is 10.1 Å². The summed E-state index contributed by atoms with van der Waals surface area (Å²) in [6.45, 7) is 2.87. The number of rotatable bonds is 2. The third kappa shape index (κ3) is 2.85. The summed E-state index contributed by atoms with van der Waals surface area (Å²) < 4.78 is 7.47. The van der Waals surface area contributed by atoms with Crippen LogP contribution in [0.4, 0.5) is 0 Å². The zero-order valence-electron chi connectivity index (χ0n) is 14.1. The number of ether oxygens (including phenoxy) is 1. The van der Waals surface area contributed by atoms with Crippen molar-refractivity contribution in [2.75, 3.05) is 13.2 Å². The third-order valence-corrected chi connectivity index (χ3v) is 4.99. The van der Waals surface area contributed by atoms with Crippen LogP contribution >= 0.6 is 11.6 Å². The summed E-state index contributed by atoms with van der Waals surface area (Å²) in [6.07, 6.45) is 2.67. The molecule has 1 aliphatic rings. The molecule has 0 fully saturated rings. The van der Waals surface area contributed by atoms with Gasteiger partial charge in [-0.25, -0.2) is 0 Å². The van der Waals surface area contributed by atoms with Gasteiger partial charge in [-0.05, 0) is 42.2 Å². The molecule has 3 aromatic rings. The van der Waals surface area contributed by atoms with Crippen molar-refractivity contribution in [3.05, 3.63) is 57.7 Å². The van der Waals surface area contributed by atoms with Gasteiger partial charge in [-0.3, -0.25) is 9.48 Å². The number of hydrogen-bond donors (Lipinski definition) is 1. The van der Waals surface area contributed by atoms with Gasteiger partial charge in [0, 0.05) is 18.6 Å². The Balaban J connectivity index is 1.76. The molecule has 0 saturated heterocycles. The number of aryl methyl sites for hydroxylation is 1. The Morgan fingerprint density at radius 1 is 1.36 bits per heavy atom. The molecule has 128 valence electrons. The van der Waals surface area contributed by atoms with E-state index in [4.69, 9.17) is 16.3 Å². The normalized spacial score (nSPS) is 14.0. The molecule has 6 heteroatoms. The van der Waals surface area contributed by atoms with E-state index in [1.54, 1.807) is 4.68 Å². The Bertz CT molecular complexity index is 994. The van der Waals surface area contributed by atoms with Crippen molar-refractivity contribution in [3.63, 3.8) is 0 Å². The molecule has 0 unspecified atom stereocenters. The van der Waals surface area contributed by atoms with E-state index < -0.39 is 0 Å². The van der Waals surface area contributed by atoms with Crippen LogP contribution in [0.25, 0.3) is 10.9 Å². The van der Waals surface area contributed by atoms with Crippen LogP contribution in [0, 0.1) is 6.92 Å². The largest absolute Gasteiger partial charge is 0.489 e. The van der Waals surface area contributed by atoms with E-state index in [1.807, 2.05) is 26.2 Å². The van der Waals surface area contributed by atoms with Crippen molar-refractivity contribution in [2.24, 2.45) is 7.05 Å². The van der Waals surface area contributed by atoms with Crippen LogP contribution in [0.3, 0.4) is 0 Å². The topological polar surface area (TPSA) is 56.1 Å². The van der Waals surface area contributed by atoms with Gasteiger partial charge in [0.2, 0.25) is 0 Å². The van der Waals surface area contributed by atoms with Gasteiger partial charge in [-0.2, -0.15) is 5.10 Å². The first-order chi connectivity index (χ1) is 12.0. The highest BCUT2D eigenvalue weighted by atomic mass is 35.5. The minimum Gasteiger partial charge on any atom is -0.489 e. The lowest BCUT2D eigenvalue weighted by Crippen LogP contribution is -2.24. The third-order valence-electron chi connectivity index (χ3n) is 4.53. The van der Waals surface area contributed by atoms with Crippen LogP contribution in [0.5, 0.6) is 5.75 Å². The first-order valence-corrected chi connectivity index (χ1v) is 8.56. The zero-order valence-corrected chi connectivity index (χ0v) is 14.9. The molecule has 1 amide bonds. The van der Waals surface area contributed by atoms with E-state index in [-0.39, 0.29) is 5.91 Å². The van der Waals surface area contributed by atoms with Gasteiger partial charge >= 0.3 is 0 Å². The van der Waals surface area contributed by atoms with Crippen LogP contribution in [0.1, 0.15) is 27.0 Å². The molecule has 0 aliphatic carbocycles. The Hall–Kier alpha value is -2.53. The van der Waals surface area contributed by atoms with Crippen LogP contribution in [-0.2, 0) is 13.5 Å². The standard InChI is InChI=1S/C19H18ClN3O2/c1-11-14(7-12-3-4-13-10-23(2)22-16(13)8-12)9-15-18(17(11)20)25-6-5-21-19(15)24/h3-4,8-10H,5-7H2,1-2H3,(H,21,24). The summed E-state index contributed by atoms with van der Waals surface area (Å²) in [5.74, 6) is 0.342. The van der Waals surface area contributed by atoms with Crippen molar-refractivity contribution in [2.45, 2.75) is 13.3 Å². The molecular weight excluding hydrogens is 338 g/mol. The predicted molar refractivity (Wildman–Crippen MR) is 97.5 cm³/mol. The number of carbonyl (C=O) groups excluding carboxylic acids is 1. The van der Waals surface area contributed by atoms with E-state index in [1.165, 1.54) is 0 Å². The Kier molecular flexibility index (Phi) is 3.88. The van der Waals surface area contributed by atoms with Gasteiger partial charge in [0.15, 0.2) is 5.75 Å².